The molecular formula is C18H23FN4O. The van der Waals surface area contributed by atoms with Gasteiger partial charge in [0.1, 0.15) is 11.9 Å². The van der Waals surface area contributed by atoms with E-state index in [2.05, 4.69) is 10.00 Å². The molecule has 0 unspecified atom stereocenters. The smallest absolute Gasteiger partial charge is 0.239 e. The number of carbonyl (C=O) groups is 1. The maximum Gasteiger partial charge on any atom is 0.239 e. The first kappa shape index (κ1) is 16.6. The summed E-state index contributed by atoms with van der Waals surface area (Å²) in [4.78, 5) is 14.2. The average Bonchev–Trinajstić information content (AvgIpc) is 3.08. The van der Waals surface area contributed by atoms with Crippen LogP contribution < -0.4 is 5.73 Å². The fraction of sp³-hybridized carbons (Fsp3) is 0.444. The van der Waals surface area contributed by atoms with Gasteiger partial charge in [0.15, 0.2) is 0 Å². The van der Waals surface area contributed by atoms with Gasteiger partial charge in [-0.3, -0.25) is 14.4 Å². The van der Waals surface area contributed by atoms with Crippen molar-refractivity contribution in [1.82, 2.24) is 14.7 Å². The number of amides is 1. The zero-order chi connectivity index (χ0) is 17.3. The molecule has 6 heteroatoms. The van der Waals surface area contributed by atoms with E-state index in [0.29, 0.717) is 0 Å². The molecule has 1 aliphatic heterocycles. The number of halogens is 1. The summed E-state index contributed by atoms with van der Waals surface area (Å²) in [5.74, 6) is -0.718. The van der Waals surface area contributed by atoms with Crippen molar-refractivity contribution in [3.63, 3.8) is 0 Å². The number of likely N-dealkylation sites (tertiary alicyclic amines) is 1. The van der Waals surface area contributed by atoms with Gasteiger partial charge in [0, 0.05) is 11.7 Å². The van der Waals surface area contributed by atoms with Crippen LogP contribution in [0.2, 0.25) is 0 Å². The van der Waals surface area contributed by atoms with E-state index >= 15 is 0 Å². The lowest BCUT2D eigenvalue weighted by atomic mass is 10.0. The number of rotatable bonds is 5. The van der Waals surface area contributed by atoms with Crippen molar-refractivity contribution < 1.29 is 9.18 Å². The molecule has 3 rings (SSSR count). The second kappa shape index (κ2) is 6.73. The molecule has 2 heterocycles. The zero-order valence-corrected chi connectivity index (χ0v) is 14.1. The van der Waals surface area contributed by atoms with Crippen LogP contribution in [0.4, 0.5) is 4.39 Å². The predicted molar refractivity (Wildman–Crippen MR) is 89.8 cm³/mol. The number of carbonyl (C=O) groups excluding carboxylic acids is 1. The summed E-state index contributed by atoms with van der Waals surface area (Å²) in [5.41, 5.74) is 8.52. The maximum absolute atomic E-state index is 13.2. The second-order valence-corrected chi connectivity index (χ2v) is 6.50. The number of benzene rings is 1. The van der Waals surface area contributed by atoms with Crippen LogP contribution in [-0.2, 0) is 11.3 Å². The molecule has 2 N–H and O–H groups in total. The lowest BCUT2D eigenvalue weighted by molar-refractivity contribution is -0.124. The van der Waals surface area contributed by atoms with Gasteiger partial charge >= 0.3 is 0 Å². The molecule has 0 saturated carbocycles. The van der Waals surface area contributed by atoms with Gasteiger partial charge in [0.25, 0.3) is 0 Å². The Hall–Kier alpha value is -2.21. The number of hydrogen-bond acceptors (Lipinski definition) is 3. The number of nitrogens with two attached hydrogens (primary N) is 1. The van der Waals surface area contributed by atoms with Crippen molar-refractivity contribution in [1.29, 1.82) is 0 Å². The minimum atomic E-state index is -0.532. The molecule has 0 radical (unpaired) electrons. The van der Waals surface area contributed by atoms with Crippen LogP contribution in [0.3, 0.4) is 0 Å². The Morgan fingerprint density at radius 3 is 2.67 bits per heavy atom. The zero-order valence-electron chi connectivity index (χ0n) is 14.1. The summed E-state index contributed by atoms with van der Waals surface area (Å²) in [6, 6.07) is 7.73. The molecule has 128 valence electrons. The number of aromatic nitrogens is 2. The van der Waals surface area contributed by atoms with E-state index < -0.39 is 11.9 Å². The Labute approximate surface area is 141 Å². The van der Waals surface area contributed by atoms with Crippen LogP contribution in [-0.4, -0.2) is 33.2 Å². The van der Waals surface area contributed by atoms with Crippen molar-refractivity contribution in [3.05, 3.63) is 53.1 Å². The molecule has 1 saturated heterocycles. The summed E-state index contributed by atoms with van der Waals surface area (Å²) in [5, 5.41) is 4.52. The van der Waals surface area contributed by atoms with Gasteiger partial charge < -0.3 is 5.73 Å². The largest absolute Gasteiger partial charge is 0.368 e. The monoisotopic (exact) mass is 330 g/mol. The van der Waals surface area contributed by atoms with E-state index in [1.54, 1.807) is 12.1 Å². The Morgan fingerprint density at radius 1 is 1.38 bits per heavy atom. The molecule has 1 fully saturated rings. The van der Waals surface area contributed by atoms with Crippen molar-refractivity contribution >= 4 is 5.91 Å². The molecule has 0 spiro atoms. The number of aryl methyl sites for hydroxylation is 2. The summed E-state index contributed by atoms with van der Waals surface area (Å²) in [6.07, 6.45) is 2.00. The van der Waals surface area contributed by atoms with Gasteiger partial charge in [-0.1, -0.05) is 12.1 Å². The lowest BCUT2D eigenvalue weighted by Crippen LogP contribution is -2.42. The van der Waals surface area contributed by atoms with E-state index in [9.17, 15) is 9.18 Å². The third-order valence-corrected chi connectivity index (χ3v) is 4.70. The van der Waals surface area contributed by atoms with Crippen LogP contribution in [0, 0.1) is 19.7 Å². The highest BCUT2D eigenvalue weighted by Crippen LogP contribution is 2.30. The summed E-state index contributed by atoms with van der Waals surface area (Å²) in [7, 11) is 0. The molecule has 1 aliphatic rings. The van der Waals surface area contributed by atoms with Crippen molar-refractivity contribution in [3.8, 4) is 0 Å². The minimum Gasteiger partial charge on any atom is -0.368 e. The highest BCUT2D eigenvalue weighted by atomic mass is 19.1. The quantitative estimate of drug-likeness (QED) is 0.915. The van der Waals surface area contributed by atoms with Gasteiger partial charge in [-0.05, 0) is 57.0 Å². The van der Waals surface area contributed by atoms with E-state index in [1.807, 2.05) is 24.6 Å². The molecule has 1 amide bonds. The van der Waals surface area contributed by atoms with E-state index in [4.69, 9.17) is 5.73 Å². The summed E-state index contributed by atoms with van der Waals surface area (Å²) < 4.78 is 15.2. The minimum absolute atomic E-state index is 0.186. The van der Waals surface area contributed by atoms with Gasteiger partial charge in [-0.25, -0.2) is 4.39 Å². The highest BCUT2D eigenvalue weighted by Gasteiger charge is 2.35. The van der Waals surface area contributed by atoms with Crippen molar-refractivity contribution in [2.24, 2.45) is 5.73 Å². The molecule has 5 nitrogen and oxygen atoms in total. The number of hydrogen-bond donors (Lipinski definition) is 1. The third-order valence-electron chi connectivity index (χ3n) is 4.70. The molecule has 0 bridgehead atoms. The fourth-order valence-electron chi connectivity index (χ4n) is 3.62. The van der Waals surface area contributed by atoms with Crippen LogP contribution >= 0.6 is 0 Å². The molecule has 0 aliphatic carbocycles. The normalized spacial score (nSPS) is 19.5. The summed E-state index contributed by atoms with van der Waals surface area (Å²) in [6.45, 7) is 5.53. The molecule has 24 heavy (non-hydrogen) atoms. The average molecular weight is 330 g/mol. The summed E-state index contributed by atoms with van der Waals surface area (Å²) >= 11 is 0. The Bertz CT molecular complexity index is 725. The van der Waals surface area contributed by atoms with Gasteiger partial charge in [0.2, 0.25) is 5.91 Å². The molecule has 1 aromatic heterocycles. The molecule has 1 aromatic carbocycles. The van der Waals surface area contributed by atoms with Gasteiger partial charge in [0.05, 0.1) is 12.2 Å². The van der Waals surface area contributed by atoms with E-state index in [1.165, 1.54) is 12.1 Å². The molecule has 2 aromatic rings. The number of nitrogens with zero attached hydrogens (tertiary/aromatic N) is 3. The Morgan fingerprint density at radius 2 is 2.08 bits per heavy atom. The fourth-order valence-corrected chi connectivity index (χ4v) is 3.62. The SMILES string of the molecule is Cc1cc(C)n(C[C@H]2CCCN2[C@H](C(N)=O)c2ccc(F)cc2)n1. The van der Waals surface area contributed by atoms with Crippen LogP contribution in [0.1, 0.15) is 35.8 Å². The van der Waals surface area contributed by atoms with Crippen LogP contribution in [0.15, 0.2) is 30.3 Å². The maximum atomic E-state index is 13.2. The van der Waals surface area contributed by atoms with Gasteiger partial charge in [-0.2, -0.15) is 5.10 Å². The standard InChI is InChI=1S/C18H23FN4O/c1-12-10-13(2)23(21-12)11-16-4-3-9-22(16)17(18(20)24)14-5-7-15(19)8-6-14/h5-8,10,16-17H,3-4,9,11H2,1-2H3,(H2,20,24)/t16-,17+/m1/s1. The lowest BCUT2D eigenvalue weighted by Gasteiger charge is -2.31. The van der Waals surface area contributed by atoms with E-state index in [-0.39, 0.29) is 11.9 Å². The Balaban J connectivity index is 1.85. The van der Waals surface area contributed by atoms with E-state index in [0.717, 1.165) is 42.9 Å². The van der Waals surface area contributed by atoms with Crippen LogP contribution in [0.25, 0.3) is 0 Å². The van der Waals surface area contributed by atoms with Crippen molar-refractivity contribution in [2.45, 2.75) is 45.3 Å². The highest BCUT2D eigenvalue weighted by molar-refractivity contribution is 5.81. The van der Waals surface area contributed by atoms with Gasteiger partial charge in [-0.15, -0.1) is 0 Å². The predicted octanol–water partition coefficient (Wildman–Crippen LogP) is 2.33. The first-order valence-corrected chi connectivity index (χ1v) is 8.27. The topological polar surface area (TPSA) is 64.2 Å². The first-order valence-electron chi connectivity index (χ1n) is 8.27. The first-order chi connectivity index (χ1) is 11.5. The third kappa shape index (κ3) is 3.33. The number of primary amides is 1. The van der Waals surface area contributed by atoms with Crippen molar-refractivity contribution in [2.75, 3.05) is 6.54 Å². The second-order valence-electron chi connectivity index (χ2n) is 6.50. The molecular weight excluding hydrogens is 307 g/mol. The van der Waals surface area contributed by atoms with Crippen LogP contribution in [0.5, 0.6) is 0 Å². The Kier molecular flexibility index (Phi) is 4.66. The molecule has 2 atom stereocenters.